The van der Waals surface area contributed by atoms with Gasteiger partial charge in [0.2, 0.25) is 0 Å². The molecule has 1 aliphatic rings. The summed E-state index contributed by atoms with van der Waals surface area (Å²) in [5, 5.41) is 27.4. The minimum atomic E-state index is -1.02. The van der Waals surface area contributed by atoms with Crippen LogP contribution in [0.4, 0.5) is 11.5 Å². The number of rotatable bonds is 11. The molecule has 1 aliphatic heterocycles. The number of piperidine rings is 1. The zero-order valence-electron chi connectivity index (χ0n) is 23.5. The first-order valence-corrected chi connectivity index (χ1v) is 15.0. The molecule has 0 aliphatic carbocycles. The highest BCUT2D eigenvalue weighted by Gasteiger charge is 2.24. The first kappa shape index (κ1) is 29.4. The predicted molar refractivity (Wildman–Crippen MR) is 165 cm³/mol. The molecule has 4 heterocycles. The molecule has 42 heavy (non-hydrogen) atoms. The zero-order chi connectivity index (χ0) is 29.6. The third-order valence-corrected chi connectivity index (χ3v) is 8.67. The maximum absolute atomic E-state index is 12.5. The van der Waals surface area contributed by atoms with Gasteiger partial charge in [-0.25, -0.2) is 9.78 Å². The normalized spacial score (nSPS) is 14.7. The summed E-state index contributed by atoms with van der Waals surface area (Å²) in [5.41, 5.74) is 9.51. The Labute approximate surface area is 248 Å². The molecular formula is C31H36N6O4S. The van der Waals surface area contributed by atoms with Crippen LogP contribution in [0.1, 0.15) is 69.1 Å². The van der Waals surface area contributed by atoms with Crippen molar-refractivity contribution in [3.05, 3.63) is 82.0 Å². The second-order valence-corrected chi connectivity index (χ2v) is 11.5. The van der Waals surface area contributed by atoms with Crippen LogP contribution in [0.5, 0.6) is 0 Å². The number of thiophene rings is 1. The molecule has 5 rings (SSSR count). The number of hydrogen-bond donors (Lipinski definition) is 5. The number of anilines is 2. The Bertz CT molecular complexity index is 1530. The van der Waals surface area contributed by atoms with E-state index in [4.69, 9.17) is 10.7 Å². The van der Waals surface area contributed by atoms with Gasteiger partial charge in [0.05, 0.1) is 16.9 Å². The fraction of sp³-hybridized carbons (Fsp3) is 0.355. The highest BCUT2D eigenvalue weighted by Crippen LogP contribution is 2.37. The summed E-state index contributed by atoms with van der Waals surface area (Å²) in [6.45, 7) is 4.46. The second kappa shape index (κ2) is 13.3. The Balaban J connectivity index is 1.13. The maximum atomic E-state index is 12.5. The molecule has 1 unspecified atom stereocenters. The van der Waals surface area contributed by atoms with Gasteiger partial charge in [0.1, 0.15) is 21.6 Å². The number of aromatic carboxylic acids is 1. The van der Waals surface area contributed by atoms with Gasteiger partial charge < -0.3 is 31.5 Å². The number of hydrogen-bond acceptors (Lipinski definition) is 9. The van der Waals surface area contributed by atoms with Crippen molar-refractivity contribution in [3.63, 3.8) is 0 Å². The minimum absolute atomic E-state index is 0.143. The molecule has 1 atom stereocenters. The molecule has 6 N–H and O–H groups in total. The monoisotopic (exact) mass is 588 g/mol. The van der Waals surface area contributed by atoms with Crippen molar-refractivity contribution >= 4 is 44.9 Å². The van der Waals surface area contributed by atoms with Crippen LogP contribution in [0.3, 0.4) is 0 Å². The van der Waals surface area contributed by atoms with E-state index in [1.165, 1.54) is 6.20 Å². The number of carbonyl (C=O) groups excluding carboxylic acids is 1. The number of nitrogens with two attached hydrogens (primary N) is 1. The maximum Gasteiger partial charge on any atom is 0.348 e. The number of nitrogen functional groups attached to an aromatic ring is 1. The molecule has 0 radical (unpaired) electrons. The molecule has 0 spiro atoms. The lowest BCUT2D eigenvalue weighted by Crippen LogP contribution is -2.44. The summed E-state index contributed by atoms with van der Waals surface area (Å²) >= 11 is 1.13. The van der Waals surface area contributed by atoms with Crippen LogP contribution in [0.15, 0.2) is 54.7 Å². The summed E-state index contributed by atoms with van der Waals surface area (Å²) < 4.78 is 0. The number of nitrogens with zero attached hydrogens (tertiary/aromatic N) is 3. The van der Waals surface area contributed by atoms with Gasteiger partial charge in [-0.1, -0.05) is 43.7 Å². The number of aliphatic hydroxyl groups is 1. The van der Waals surface area contributed by atoms with Crippen molar-refractivity contribution in [2.24, 2.45) is 0 Å². The number of nitrogens with one attached hydrogen (secondary N) is 2. The number of aromatic nitrogens is 2. The van der Waals surface area contributed by atoms with Crippen molar-refractivity contribution in [1.29, 1.82) is 0 Å². The molecular weight excluding hydrogens is 552 g/mol. The number of carboxylic acid groups (broad SMARTS) is 1. The van der Waals surface area contributed by atoms with E-state index in [2.05, 4.69) is 33.5 Å². The van der Waals surface area contributed by atoms with Gasteiger partial charge in [-0.05, 0) is 48.6 Å². The van der Waals surface area contributed by atoms with Crippen molar-refractivity contribution < 1.29 is 19.8 Å². The van der Waals surface area contributed by atoms with Gasteiger partial charge in [-0.2, -0.15) is 0 Å². The smallest absolute Gasteiger partial charge is 0.348 e. The van der Waals surface area contributed by atoms with E-state index < -0.39 is 12.1 Å². The van der Waals surface area contributed by atoms with Gasteiger partial charge in [0, 0.05) is 43.8 Å². The van der Waals surface area contributed by atoms with E-state index in [-0.39, 0.29) is 16.8 Å². The molecule has 1 saturated heterocycles. The lowest BCUT2D eigenvalue weighted by Gasteiger charge is -2.34. The second-order valence-electron chi connectivity index (χ2n) is 10.5. The standard InChI is InChI=1S/C31H36N6O4S/c1-2-6-20-15-25(36-30-26(20)27(32)28(42-30)31(40)41)37-13-11-22(12-14-37)33-18-24(38)23-10-9-21(17-34-23)29(39)35-16-19-7-4-3-5-8-19/h3-5,7-10,15,17,22,24,33,38H,2,6,11-14,16,18,32H2,1H3,(H,35,39)(H,40,41). The average Bonchev–Trinajstić information content (AvgIpc) is 3.36. The molecule has 10 nitrogen and oxygen atoms in total. The molecule has 1 amide bonds. The molecule has 4 aromatic rings. The Morgan fingerprint density at radius 3 is 2.60 bits per heavy atom. The number of carboxylic acids is 1. The first-order chi connectivity index (χ1) is 20.3. The summed E-state index contributed by atoms with van der Waals surface area (Å²) in [4.78, 5) is 36.3. The van der Waals surface area contributed by atoms with E-state index in [9.17, 15) is 19.8 Å². The van der Waals surface area contributed by atoms with Crippen LogP contribution in [-0.4, -0.2) is 57.7 Å². The number of amides is 1. The largest absolute Gasteiger partial charge is 0.477 e. The summed E-state index contributed by atoms with van der Waals surface area (Å²) in [6, 6.07) is 15.3. The number of pyridine rings is 2. The van der Waals surface area contributed by atoms with Crippen molar-refractivity contribution in [2.45, 2.75) is 51.3 Å². The van der Waals surface area contributed by atoms with Crippen molar-refractivity contribution in [2.75, 3.05) is 30.3 Å². The van der Waals surface area contributed by atoms with Crippen LogP contribution in [0, 0.1) is 0 Å². The van der Waals surface area contributed by atoms with E-state index in [0.717, 1.165) is 72.4 Å². The molecule has 3 aromatic heterocycles. The van der Waals surface area contributed by atoms with Gasteiger partial charge in [-0.3, -0.25) is 9.78 Å². The fourth-order valence-electron chi connectivity index (χ4n) is 5.28. The number of aliphatic hydroxyl groups excluding tert-OH is 1. The van der Waals surface area contributed by atoms with Gasteiger partial charge >= 0.3 is 5.97 Å². The third-order valence-electron chi connectivity index (χ3n) is 7.59. The molecule has 1 aromatic carbocycles. The van der Waals surface area contributed by atoms with Crippen LogP contribution >= 0.6 is 11.3 Å². The SMILES string of the molecule is CCCc1cc(N2CCC(NCC(O)c3ccc(C(=O)NCc4ccccc4)cn3)CC2)nc2sc(C(=O)O)c(N)c12. The Kier molecular flexibility index (Phi) is 9.31. The van der Waals surface area contributed by atoms with E-state index in [0.29, 0.717) is 34.9 Å². The quantitative estimate of drug-likeness (QED) is 0.174. The lowest BCUT2D eigenvalue weighted by atomic mass is 10.0. The van der Waals surface area contributed by atoms with Crippen LogP contribution in [0.25, 0.3) is 10.2 Å². The Morgan fingerprint density at radius 1 is 1.17 bits per heavy atom. The molecule has 1 fully saturated rings. The minimum Gasteiger partial charge on any atom is -0.477 e. The Hall–Kier alpha value is -4.06. The van der Waals surface area contributed by atoms with E-state index in [1.807, 2.05) is 30.3 Å². The number of carbonyl (C=O) groups is 2. The Morgan fingerprint density at radius 2 is 1.93 bits per heavy atom. The first-order valence-electron chi connectivity index (χ1n) is 14.2. The number of benzene rings is 1. The third kappa shape index (κ3) is 6.70. The molecule has 0 saturated carbocycles. The fourth-order valence-corrected chi connectivity index (χ4v) is 6.26. The van der Waals surface area contributed by atoms with Gasteiger partial charge in [-0.15, -0.1) is 11.3 Å². The summed E-state index contributed by atoms with van der Waals surface area (Å²) in [6.07, 6.45) is 4.17. The number of fused-ring (bicyclic) bond motifs is 1. The zero-order valence-corrected chi connectivity index (χ0v) is 24.4. The molecule has 0 bridgehead atoms. The predicted octanol–water partition coefficient (Wildman–Crippen LogP) is 4.15. The van der Waals surface area contributed by atoms with Gasteiger partial charge in [0.15, 0.2) is 0 Å². The number of aryl methyl sites for hydroxylation is 1. The van der Waals surface area contributed by atoms with Crippen LogP contribution in [-0.2, 0) is 13.0 Å². The van der Waals surface area contributed by atoms with E-state index >= 15 is 0 Å². The molecule has 11 heteroatoms. The van der Waals surface area contributed by atoms with E-state index in [1.54, 1.807) is 12.1 Å². The average molecular weight is 589 g/mol. The summed E-state index contributed by atoms with van der Waals surface area (Å²) in [5.74, 6) is -0.388. The van der Waals surface area contributed by atoms with Crippen LogP contribution < -0.4 is 21.3 Å². The summed E-state index contributed by atoms with van der Waals surface area (Å²) in [7, 11) is 0. The molecule has 220 valence electrons. The van der Waals surface area contributed by atoms with Crippen molar-refractivity contribution in [3.8, 4) is 0 Å². The van der Waals surface area contributed by atoms with Crippen LogP contribution in [0.2, 0.25) is 0 Å². The highest BCUT2D eigenvalue weighted by atomic mass is 32.1. The van der Waals surface area contributed by atoms with Gasteiger partial charge in [0.25, 0.3) is 5.91 Å². The topological polar surface area (TPSA) is 154 Å². The van der Waals surface area contributed by atoms with Crippen molar-refractivity contribution in [1.82, 2.24) is 20.6 Å². The highest BCUT2D eigenvalue weighted by molar-refractivity contribution is 7.21. The lowest BCUT2D eigenvalue weighted by molar-refractivity contribution is 0.0703.